The number of benzene rings is 3. The number of nitrogens with zero attached hydrogens (tertiary/aromatic N) is 3. The van der Waals surface area contributed by atoms with Crippen LogP contribution in [-0.2, 0) is 4.74 Å². The molecule has 3 aromatic carbocycles. The molecule has 6 rings (SSSR count). The van der Waals surface area contributed by atoms with Crippen LogP contribution in [0.1, 0.15) is 29.0 Å². The second-order valence-corrected chi connectivity index (χ2v) is 7.65. The van der Waals surface area contributed by atoms with E-state index in [-0.39, 0.29) is 12.1 Å². The van der Waals surface area contributed by atoms with Crippen LogP contribution in [0.2, 0.25) is 0 Å². The molecule has 1 aliphatic rings. The predicted molar refractivity (Wildman–Crippen MR) is 123 cm³/mol. The van der Waals surface area contributed by atoms with Gasteiger partial charge in [-0.05, 0) is 23.3 Å². The maximum Gasteiger partial charge on any atom is 0.236 e. The Hall–Kier alpha value is -4.05. The molecule has 0 N–H and O–H groups in total. The van der Waals surface area contributed by atoms with E-state index in [0.717, 1.165) is 38.6 Å². The number of rotatable bonds is 3. The van der Waals surface area contributed by atoms with E-state index in [1.165, 1.54) is 0 Å². The van der Waals surface area contributed by atoms with Crippen molar-refractivity contribution in [2.45, 2.75) is 12.1 Å². The lowest BCUT2D eigenvalue weighted by Crippen LogP contribution is -2.10. The fourth-order valence-corrected chi connectivity index (χ4v) is 4.17. The van der Waals surface area contributed by atoms with Crippen molar-refractivity contribution in [3.05, 3.63) is 120 Å². The lowest BCUT2D eigenvalue weighted by molar-refractivity contribution is 0.196. The number of aromatic nitrogens is 2. The quantitative estimate of drug-likeness (QED) is 0.346. The summed E-state index contributed by atoms with van der Waals surface area (Å²) in [5, 5.41) is 2.12. The smallest absolute Gasteiger partial charge is 0.236 e. The van der Waals surface area contributed by atoms with Crippen LogP contribution in [-0.4, -0.2) is 15.9 Å². The van der Waals surface area contributed by atoms with Crippen molar-refractivity contribution in [1.29, 1.82) is 0 Å². The fourth-order valence-electron chi connectivity index (χ4n) is 4.17. The molecular weight excluding hydrogens is 382 g/mol. The van der Waals surface area contributed by atoms with E-state index in [4.69, 9.17) is 14.7 Å². The summed E-state index contributed by atoms with van der Waals surface area (Å²) in [5.41, 5.74) is 4.70. The van der Waals surface area contributed by atoms with Gasteiger partial charge in [-0.3, -0.25) is 4.98 Å². The summed E-state index contributed by atoms with van der Waals surface area (Å²) in [6, 6.07) is 32.6. The molecule has 0 radical (unpaired) electrons. The van der Waals surface area contributed by atoms with Gasteiger partial charge in [0.2, 0.25) is 5.90 Å². The zero-order chi connectivity index (χ0) is 20.6. The Balaban J connectivity index is 1.48. The molecule has 1 aliphatic heterocycles. The molecule has 0 unspecified atom stereocenters. The van der Waals surface area contributed by atoms with Gasteiger partial charge in [0.15, 0.2) is 6.10 Å². The minimum atomic E-state index is -0.193. The van der Waals surface area contributed by atoms with Crippen LogP contribution in [0, 0.1) is 0 Å². The maximum absolute atomic E-state index is 6.43. The first-order valence-corrected chi connectivity index (χ1v) is 10.4. The molecule has 3 heterocycles. The monoisotopic (exact) mass is 401 g/mol. The predicted octanol–water partition coefficient (Wildman–Crippen LogP) is 6.04. The van der Waals surface area contributed by atoms with Crippen molar-refractivity contribution in [1.82, 2.24) is 9.97 Å². The Morgan fingerprint density at radius 2 is 1.29 bits per heavy atom. The number of ether oxygens (including phenoxy) is 1. The Morgan fingerprint density at radius 3 is 2.06 bits per heavy atom. The zero-order valence-corrected chi connectivity index (χ0v) is 16.7. The Labute approximate surface area is 179 Å². The van der Waals surface area contributed by atoms with Gasteiger partial charge in [0.1, 0.15) is 11.7 Å². The van der Waals surface area contributed by atoms with Crippen molar-refractivity contribution in [2.75, 3.05) is 0 Å². The van der Waals surface area contributed by atoms with E-state index in [9.17, 15) is 0 Å². The average molecular weight is 401 g/mol. The van der Waals surface area contributed by atoms with Crippen LogP contribution < -0.4 is 0 Å². The largest absolute Gasteiger partial charge is 0.465 e. The third kappa shape index (κ3) is 3.13. The summed E-state index contributed by atoms with van der Waals surface area (Å²) < 4.78 is 6.43. The van der Waals surface area contributed by atoms with E-state index in [0.29, 0.717) is 5.90 Å². The molecule has 0 saturated carbocycles. The highest BCUT2D eigenvalue weighted by Crippen LogP contribution is 2.41. The number of aliphatic imine (C=N–C) groups is 1. The molecule has 5 aromatic rings. The highest BCUT2D eigenvalue weighted by Gasteiger charge is 2.34. The highest BCUT2D eigenvalue weighted by molar-refractivity contribution is 6.04. The fraction of sp³-hybridized carbons (Fsp3) is 0.0741. The van der Waals surface area contributed by atoms with Crippen LogP contribution in [0.15, 0.2) is 108 Å². The lowest BCUT2D eigenvalue weighted by Gasteiger charge is -2.18. The van der Waals surface area contributed by atoms with Crippen LogP contribution in [0.5, 0.6) is 0 Å². The minimum absolute atomic E-state index is 0.123. The van der Waals surface area contributed by atoms with Gasteiger partial charge in [-0.15, -0.1) is 0 Å². The molecule has 148 valence electrons. The van der Waals surface area contributed by atoms with Crippen molar-refractivity contribution < 1.29 is 4.74 Å². The molecule has 0 amide bonds. The molecule has 0 saturated heterocycles. The minimum Gasteiger partial charge on any atom is -0.465 e. The maximum atomic E-state index is 6.43. The van der Waals surface area contributed by atoms with Gasteiger partial charge < -0.3 is 4.74 Å². The Kier molecular flexibility index (Phi) is 4.20. The summed E-state index contributed by atoms with van der Waals surface area (Å²) in [6.45, 7) is 0. The third-order valence-electron chi connectivity index (χ3n) is 5.70. The number of fused-ring (bicyclic) bond motifs is 3. The van der Waals surface area contributed by atoms with Gasteiger partial charge in [0.05, 0.1) is 11.0 Å². The van der Waals surface area contributed by atoms with E-state index >= 15 is 0 Å². The van der Waals surface area contributed by atoms with E-state index in [2.05, 4.69) is 53.5 Å². The van der Waals surface area contributed by atoms with Crippen LogP contribution in [0.3, 0.4) is 0 Å². The lowest BCUT2D eigenvalue weighted by atomic mass is 9.97. The first-order chi connectivity index (χ1) is 15.4. The highest BCUT2D eigenvalue weighted by atomic mass is 16.5. The van der Waals surface area contributed by atoms with Crippen LogP contribution in [0.25, 0.3) is 21.8 Å². The SMILES string of the molecule is c1ccc([C@H]2OC(c3ccc4ccc5cccnc5c4n3)=N[C@H]2c2ccccc2)cc1. The normalized spacial score (nSPS) is 18.1. The summed E-state index contributed by atoms with van der Waals surface area (Å²) in [7, 11) is 0. The van der Waals surface area contributed by atoms with Gasteiger partial charge >= 0.3 is 0 Å². The molecule has 2 aromatic heterocycles. The third-order valence-corrected chi connectivity index (χ3v) is 5.70. The van der Waals surface area contributed by atoms with Crippen molar-refractivity contribution in [3.8, 4) is 0 Å². The zero-order valence-electron chi connectivity index (χ0n) is 16.7. The summed E-state index contributed by atoms with van der Waals surface area (Å²) in [6.07, 6.45) is 1.61. The second-order valence-electron chi connectivity index (χ2n) is 7.65. The number of hydrogen-bond donors (Lipinski definition) is 0. The van der Waals surface area contributed by atoms with E-state index < -0.39 is 0 Å². The molecule has 0 bridgehead atoms. The Bertz CT molecular complexity index is 1410. The van der Waals surface area contributed by atoms with Crippen LogP contribution in [0.4, 0.5) is 0 Å². The first-order valence-electron chi connectivity index (χ1n) is 10.4. The van der Waals surface area contributed by atoms with Gasteiger partial charge in [0, 0.05) is 17.0 Å². The Morgan fingerprint density at radius 1 is 0.613 bits per heavy atom. The van der Waals surface area contributed by atoms with Crippen molar-refractivity contribution >= 4 is 27.7 Å². The van der Waals surface area contributed by atoms with Crippen molar-refractivity contribution in [2.24, 2.45) is 4.99 Å². The molecule has 4 heteroatoms. The average Bonchev–Trinajstić information content (AvgIpc) is 3.30. The summed E-state index contributed by atoms with van der Waals surface area (Å²) in [4.78, 5) is 14.5. The molecule has 0 aliphatic carbocycles. The topological polar surface area (TPSA) is 47.4 Å². The summed E-state index contributed by atoms with van der Waals surface area (Å²) in [5.74, 6) is 0.567. The first kappa shape index (κ1) is 17.8. The molecule has 2 atom stereocenters. The molecule has 0 spiro atoms. The molecule has 0 fully saturated rings. The second kappa shape index (κ2) is 7.33. The number of hydrogen-bond acceptors (Lipinski definition) is 4. The summed E-state index contributed by atoms with van der Waals surface area (Å²) >= 11 is 0. The van der Waals surface area contributed by atoms with Gasteiger partial charge in [-0.2, -0.15) is 0 Å². The number of pyridine rings is 2. The molecular formula is C27H19N3O. The van der Waals surface area contributed by atoms with Gasteiger partial charge in [-0.1, -0.05) is 84.9 Å². The van der Waals surface area contributed by atoms with E-state index in [1.807, 2.05) is 48.5 Å². The van der Waals surface area contributed by atoms with E-state index in [1.54, 1.807) is 6.20 Å². The van der Waals surface area contributed by atoms with Gasteiger partial charge in [0.25, 0.3) is 0 Å². The van der Waals surface area contributed by atoms with Gasteiger partial charge in [-0.25, -0.2) is 9.98 Å². The molecule has 31 heavy (non-hydrogen) atoms. The standard InChI is InChI=1S/C27H19N3O/c1-3-8-18(9-4-1)25-26(21-10-5-2-6-11-21)31-27(30-25)22-16-15-20-14-13-19-12-7-17-28-23(19)24(20)29-22/h1-17,25-26H/t25-,26+/m0/s1. The van der Waals surface area contributed by atoms with Crippen molar-refractivity contribution in [3.63, 3.8) is 0 Å². The molecule has 4 nitrogen and oxygen atoms in total. The van der Waals surface area contributed by atoms with Crippen LogP contribution >= 0.6 is 0 Å².